The second-order valence-corrected chi connectivity index (χ2v) is 3.58. The molecule has 4 nitrogen and oxygen atoms in total. The monoisotopic (exact) mass is 258 g/mol. The quantitative estimate of drug-likeness (QED) is 0.868. The van der Waals surface area contributed by atoms with E-state index < -0.39 is 12.1 Å². The van der Waals surface area contributed by atoms with Crippen LogP contribution >= 0.6 is 0 Å². The van der Waals surface area contributed by atoms with Gasteiger partial charge in [-0.05, 0) is 18.2 Å². The summed E-state index contributed by atoms with van der Waals surface area (Å²) >= 11 is 0. The fraction of sp³-hybridized carbons (Fsp3) is 0.182. The van der Waals surface area contributed by atoms with Gasteiger partial charge in [0.1, 0.15) is 17.7 Å². The fourth-order valence-corrected chi connectivity index (χ4v) is 1.44. The van der Waals surface area contributed by atoms with Gasteiger partial charge < -0.3 is 15.3 Å². The van der Waals surface area contributed by atoms with Crippen LogP contribution in [0.3, 0.4) is 0 Å². The third-order valence-corrected chi connectivity index (χ3v) is 2.34. The Bertz CT molecular complexity index is 564. The summed E-state index contributed by atoms with van der Waals surface area (Å²) in [4.78, 5) is 3.34. The van der Waals surface area contributed by atoms with Crippen LogP contribution in [0.4, 0.5) is 13.2 Å². The largest absolute Gasteiger partial charge is 0.508 e. The molecule has 0 saturated heterocycles. The first kappa shape index (κ1) is 12.4. The number of aromatic hydroxyl groups is 1. The smallest absolute Gasteiger partial charge is 0.468 e. The lowest BCUT2D eigenvalue weighted by atomic mass is 10.1. The second kappa shape index (κ2) is 4.34. The summed E-state index contributed by atoms with van der Waals surface area (Å²) < 4.78 is 41.3. The van der Waals surface area contributed by atoms with Gasteiger partial charge in [0.2, 0.25) is 0 Å². The van der Waals surface area contributed by atoms with Crippen LogP contribution < -0.4 is 5.73 Å². The number of aromatic nitrogens is 1. The summed E-state index contributed by atoms with van der Waals surface area (Å²) in [6.07, 6.45) is -3.71. The molecule has 0 unspecified atom stereocenters. The maximum atomic E-state index is 12.3. The number of phenolic OH excluding ortho intramolecular Hbond substituents is 1. The van der Waals surface area contributed by atoms with Crippen LogP contribution in [0.1, 0.15) is 11.5 Å². The van der Waals surface area contributed by atoms with Crippen molar-refractivity contribution in [3.05, 3.63) is 35.9 Å². The van der Waals surface area contributed by atoms with Crippen molar-refractivity contribution in [2.45, 2.75) is 12.7 Å². The van der Waals surface area contributed by atoms with E-state index in [0.29, 0.717) is 11.1 Å². The van der Waals surface area contributed by atoms with Crippen molar-refractivity contribution < 1.29 is 22.7 Å². The molecule has 0 atom stereocenters. The summed E-state index contributed by atoms with van der Waals surface area (Å²) in [5.41, 5.74) is 6.24. The van der Waals surface area contributed by atoms with Gasteiger partial charge in [0.05, 0.1) is 0 Å². The Kier molecular flexibility index (Phi) is 3.00. The summed E-state index contributed by atoms with van der Waals surface area (Å²) in [7, 11) is 0. The lowest BCUT2D eigenvalue weighted by Crippen LogP contribution is -2.04. The molecule has 0 spiro atoms. The van der Waals surface area contributed by atoms with E-state index in [1.807, 2.05) is 0 Å². The molecule has 0 aliphatic rings. The van der Waals surface area contributed by atoms with Gasteiger partial charge in [-0.25, -0.2) is 4.98 Å². The highest BCUT2D eigenvalue weighted by Crippen LogP contribution is 2.31. The van der Waals surface area contributed by atoms with Crippen LogP contribution in [0.15, 0.2) is 28.9 Å². The summed E-state index contributed by atoms with van der Waals surface area (Å²) in [5, 5.41) is 9.41. The number of nitrogens with zero attached hydrogens (tertiary/aromatic N) is 1. The van der Waals surface area contributed by atoms with Crippen molar-refractivity contribution in [2.75, 3.05) is 0 Å². The van der Waals surface area contributed by atoms with Gasteiger partial charge in [0, 0.05) is 17.7 Å². The molecule has 0 aliphatic heterocycles. The molecular formula is C11H9F3N2O2. The Morgan fingerprint density at radius 2 is 2.06 bits per heavy atom. The molecule has 1 aromatic heterocycles. The van der Waals surface area contributed by atoms with Gasteiger partial charge in [0.15, 0.2) is 0 Å². The molecule has 0 fully saturated rings. The Labute approximate surface area is 99.9 Å². The topological polar surface area (TPSA) is 72.3 Å². The Hall–Kier alpha value is -2.02. The molecule has 3 N–H and O–H groups in total. The molecule has 1 aromatic carbocycles. The van der Waals surface area contributed by atoms with Gasteiger partial charge in [-0.2, -0.15) is 13.2 Å². The normalized spacial score (nSPS) is 11.8. The zero-order chi connectivity index (χ0) is 13.3. The first-order valence-corrected chi connectivity index (χ1v) is 4.97. The number of halogens is 3. The maximum absolute atomic E-state index is 12.3. The average Bonchev–Trinajstić information content (AvgIpc) is 2.78. The number of rotatable bonds is 2. The van der Waals surface area contributed by atoms with E-state index in [2.05, 4.69) is 9.40 Å². The van der Waals surface area contributed by atoms with Crippen LogP contribution in [0.5, 0.6) is 5.75 Å². The lowest BCUT2D eigenvalue weighted by Gasteiger charge is -2.03. The molecule has 0 bridgehead atoms. The maximum Gasteiger partial charge on any atom is 0.468 e. The van der Waals surface area contributed by atoms with E-state index in [1.165, 1.54) is 18.2 Å². The fourth-order valence-electron chi connectivity index (χ4n) is 1.44. The minimum atomic E-state index is -4.62. The van der Waals surface area contributed by atoms with Gasteiger partial charge in [-0.15, -0.1) is 0 Å². The zero-order valence-corrected chi connectivity index (χ0v) is 9.03. The molecule has 18 heavy (non-hydrogen) atoms. The number of oxazole rings is 1. The van der Waals surface area contributed by atoms with Crippen LogP contribution in [-0.4, -0.2) is 10.1 Å². The minimum Gasteiger partial charge on any atom is -0.508 e. The van der Waals surface area contributed by atoms with Crippen molar-refractivity contribution in [2.24, 2.45) is 5.73 Å². The predicted octanol–water partition coefficient (Wildman–Crippen LogP) is 2.52. The van der Waals surface area contributed by atoms with E-state index in [4.69, 9.17) is 5.73 Å². The van der Waals surface area contributed by atoms with Crippen LogP contribution in [0.2, 0.25) is 0 Å². The number of alkyl halides is 3. The van der Waals surface area contributed by atoms with Crippen molar-refractivity contribution in [1.29, 1.82) is 0 Å². The highest BCUT2D eigenvalue weighted by Gasteiger charge is 2.37. The molecule has 0 saturated carbocycles. The van der Waals surface area contributed by atoms with Crippen LogP contribution in [-0.2, 0) is 12.7 Å². The Balaban J connectivity index is 2.40. The highest BCUT2D eigenvalue weighted by atomic mass is 19.4. The van der Waals surface area contributed by atoms with Crippen LogP contribution in [0, 0.1) is 0 Å². The van der Waals surface area contributed by atoms with Crippen LogP contribution in [0.25, 0.3) is 11.3 Å². The van der Waals surface area contributed by atoms with Gasteiger partial charge in [-0.3, -0.25) is 0 Å². The zero-order valence-electron chi connectivity index (χ0n) is 9.03. The third kappa shape index (κ3) is 2.30. The molecule has 2 aromatic rings. The van der Waals surface area contributed by atoms with Gasteiger partial charge >= 0.3 is 12.1 Å². The standard InChI is InChI=1S/C11H9F3N2O2/c12-11(13,14)10-16-8(5-18-10)6-1-2-9(17)7(3-6)4-15/h1-3,5,17H,4,15H2. The summed E-state index contributed by atoms with van der Waals surface area (Å²) in [6, 6.07) is 4.25. The SMILES string of the molecule is NCc1cc(-c2coc(C(F)(F)F)n2)ccc1O. The molecular weight excluding hydrogens is 249 g/mol. The predicted molar refractivity (Wildman–Crippen MR) is 56.5 cm³/mol. The van der Waals surface area contributed by atoms with Crippen molar-refractivity contribution in [1.82, 2.24) is 4.98 Å². The molecule has 0 amide bonds. The van der Waals surface area contributed by atoms with Crippen molar-refractivity contribution in [3.63, 3.8) is 0 Å². The van der Waals surface area contributed by atoms with Gasteiger partial charge in [-0.1, -0.05) is 0 Å². The Morgan fingerprint density at radius 1 is 1.33 bits per heavy atom. The van der Waals surface area contributed by atoms with Crippen molar-refractivity contribution >= 4 is 0 Å². The summed E-state index contributed by atoms with van der Waals surface area (Å²) in [5.74, 6) is -1.32. The molecule has 96 valence electrons. The lowest BCUT2D eigenvalue weighted by molar-refractivity contribution is -0.157. The summed E-state index contributed by atoms with van der Waals surface area (Å²) in [6.45, 7) is 0.0731. The second-order valence-electron chi connectivity index (χ2n) is 3.58. The minimum absolute atomic E-state index is 0.0132. The van der Waals surface area contributed by atoms with Gasteiger partial charge in [0.25, 0.3) is 0 Å². The first-order valence-electron chi connectivity index (χ1n) is 4.97. The molecule has 2 rings (SSSR count). The number of benzene rings is 1. The number of phenols is 1. The Morgan fingerprint density at radius 3 is 2.61 bits per heavy atom. The van der Waals surface area contributed by atoms with E-state index in [1.54, 1.807) is 0 Å². The van der Waals surface area contributed by atoms with Crippen molar-refractivity contribution in [3.8, 4) is 17.0 Å². The highest BCUT2D eigenvalue weighted by molar-refractivity contribution is 5.61. The number of hydrogen-bond acceptors (Lipinski definition) is 4. The third-order valence-electron chi connectivity index (χ3n) is 2.34. The molecule has 7 heteroatoms. The molecule has 0 aliphatic carbocycles. The van der Waals surface area contributed by atoms with E-state index in [9.17, 15) is 18.3 Å². The molecule has 0 radical (unpaired) electrons. The van der Waals surface area contributed by atoms with E-state index in [-0.39, 0.29) is 18.0 Å². The average molecular weight is 258 g/mol. The number of hydrogen-bond donors (Lipinski definition) is 2. The van der Waals surface area contributed by atoms with E-state index >= 15 is 0 Å². The number of nitrogens with two attached hydrogens (primary N) is 1. The first-order chi connectivity index (χ1) is 8.41. The molecule has 1 heterocycles. The van der Waals surface area contributed by atoms with E-state index in [0.717, 1.165) is 6.26 Å².